The molecule has 1 atom stereocenters. The van der Waals surface area contributed by atoms with Crippen LogP contribution in [0.15, 0.2) is 16.6 Å². The van der Waals surface area contributed by atoms with Crippen molar-refractivity contribution in [1.29, 1.82) is 0 Å². The number of hydrogen-bond donors (Lipinski definition) is 2. The Labute approximate surface area is 92.8 Å². The largest absolute Gasteiger partial charge is 0.506 e. The van der Waals surface area contributed by atoms with E-state index in [4.69, 9.17) is 17.3 Å². The molecule has 0 aliphatic carbocycles. The topological polar surface area (TPSA) is 46.2 Å². The van der Waals surface area contributed by atoms with Gasteiger partial charge in [0.15, 0.2) is 0 Å². The van der Waals surface area contributed by atoms with Gasteiger partial charge < -0.3 is 10.8 Å². The SMILES string of the molecule is N[C@H](c1cc(Br)cc(Cl)c1O)C(F)F. The highest BCUT2D eigenvalue weighted by Gasteiger charge is 2.22. The maximum Gasteiger partial charge on any atom is 0.257 e. The standard InChI is InChI=1S/C8H7BrClF2NO/c9-3-1-4(6(13)8(11)12)7(14)5(10)2-3/h1-2,6,8,14H,13H2/t6-/m1/s1. The zero-order chi connectivity index (χ0) is 10.9. The predicted molar refractivity (Wildman–Crippen MR) is 53.7 cm³/mol. The Kier molecular flexibility index (Phi) is 3.69. The second-order valence-corrected chi connectivity index (χ2v) is 4.01. The molecule has 2 nitrogen and oxygen atoms in total. The van der Waals surface area contributed by atoms with Crippen molar-refractivity contribution >= 4 is 27.5 Å². The monoisotopic (exact) mass is 285 g/mol. The fraction of sp³-hybridized carbons (Fsp3) is 0.250. The van der Waals surface area contributed by atoms with E-state index in [-0.39, 0.29) is 10.6 Å². The molecule has 78 valence electrons. The molecule has 0 saturated carbocycles. The minimum Gasteiger partial charge on any atom is -0.506 e. The van der Waals surface area contributed by atoms with E-state index in [9.17, 15) is 13.9 Å². The first kappa shape index (κ1) is 11.7. The molecular formula is C8H7BrClF2NO. The maximum absolute atomic E-state index is 12.3. The average molecular weight is 287 g/mol. The molecule has 6 heteroatoms. The smallest absolute Gasteiger partial charge is 0.257 e. The number of hydrogen-bond acceptors (Lipinski definition) is 2. The molecular weight excluding hydrogens is 279 g/mol. The highest BCUT2D eigenvalue weighted by molar-refractivity contribution is 9.10. The van der Waals surface area contributed by atoms with Crippen LogP contribution in [-0.2, 0) is 0 Å². The summed E-state index contributed by atoms with van der Waals surface area (Å²) in [6, 6.07) is 1.18. The summed E-state index contributed by atoms with van der Waals surface area (Å²) < 4.78 is 25.0. The van der Waals surface area contributed by atoms with Gasteiger partial charge in [-0.3, -0.25) is 0 Å². The van der Waals surface area contributed by atoms with E-state index in [0.717, 1.165) is 0 Å². The number of halogens is 4. The lowest BCUT2D eigenvalue weighted by atomic mass is 10.1. The van der Waals surface area contributed by atoms with Gasteiger partial charge in [-0.1, -0.05) is 27.5 Å². The highest BCUT2D eigenvalue weighted by atomic mass is 79.9. The van der Waals surface area contributed by atoms with Crippen LogP contribution in [0.2, 0.25) is 5.02 Å². The molecule has 0 heterocycles. The lowest BCUT2D eigenvalue weighted by Gasteiger charge is -2.13. The molecule has 3 N–H and O–H groups in total. The highest BCUT2D eigenvalue weighted by Crippen LogP contribution is 2.35. The Morgan fingerprint density at radius 2 is 2.00 bits per heavy atom. The van der Waals surface area contributed by atoms with Crippen LogP contribution in [0.1, 0.15) is 11.6 Å². The predicted octanol–water partition coefficient (Wildman–Crippen LogP) is 3.07. The second kappa shape index (κ2) is 4.42. The molecule has 1 rings (SSSR count). The Bertz CT molecular complexity index is 348. The lowest BCUT2D eigenvalue weighted by molar-refractivity contribution is 0.115. The van der Waals surface area contributed by atoms with Gasteiger partial charge in [-0.2, -0.15) is 0 Å². The summed E-state index contributed by atoms with van der Waals surface area (Å²) in [4.78, 5) is 0. The molecule has 0 unspecified atom stereocenters. The van der Waals surface area contributed by atoms with Gasteiger partial charge in [0.05, 0.1) is 11.1 Å². The third-order valence-corrected chi connectivity index (χ3v) is 2.43. The summed E-state index contributed by atoms with van der Waals surface area (Å²) in [6.45, 7) is 0. The average Bonchev–Trinajstić information content (AvgIpc) is 2.09. The third kappa shape index (κ3) is 2.34. The van der Waals surface area contributed by atoms with Crippen molar-refractivity contribution in [2.45, 2.75) is 12.5 Å². The van der Waals surface area contributed by atoms with Crippen molar-refractivity contribution in [3.8, 4) is 5.75 Å². The molecule has 0 spiro atoms. The van der Waals surface area contributed by atoms with Crippen molar-refractivity contribution in [2.24, 2.45) is 5.73 Å². The minimum absolute atomic E-state index is 0.00882. The van der Waals surface area contributed by atoms with Crippen LogP contribution < -0.4 is 5.73 Å². The summed E-state index contributed by atoms with van der Waals surface area (Å²) in [6.07, 6.45) is -2.74. The van der Waals surface area contributed by atoms with Crippen molar-refractivity contribution in [3.05, 3.63) is 27.2 Å². The van der Waals surface area contributed by atoms with Crippen molar-refractivity contribution in [3.63, 3.8) is 0 Å². The number of rotatable bonds is 2. The summed E-state index contributed by atoms with van der Waals surface area (Å²) >= 11 is 8.66. The van der Waals surface area contributed by atoms with E-state index >= 15 is 0 Å². The maximum atomic E-state index is 12.3. The quantitative estimate of drug-likeness (QED) is 0.877. The Balaban J connectivity index is 3.20. The van der Waals surface area contributed by atoms with E-state index in [1.807, 2.05) is 0 Å². The Morgan fingerprint density at radius 1 is 1.43 bits per heavy atom. The molecule has 0 fully saturated rings. The molecule has 0 radical (unpaired) electrons. The van der Waals surface area contributed by atoms with E-state index in [1.54, 1.807) is 0 Å². The Morgan fingerprint density at radius 3 is 2.50 bits per heavy atom. The van der Waals surface area contributed by atoms with Crippen molar-refractivity contribution in [2.75, 3.05) is 0 Å². The van der Waals surface area contributed by atoms with Crippen LogP contribution in [0.25, 0.3) is 0 Å². The zero-order valence-corrected chi connectivity index (χ0v) is 9.19. The summed E-state index contributed by atoms with van der Waals surface area (Å²) in [5.41, 5.74) is 5.12. The molecule has 0 saturated heterocycles. The van der Waals surface area contributed by atoms with Crippen molar-refractivity contribution in [1.82, 2.24) is 0 Å². The van der Waals surface area contributed by atoms with E-state index in [2.05, 4.69) is 15.9 Å². The number of alkyl halides is 2. The third-order valence-electron chi connectivity index (χ3n) is 1.69. The van der Waals surface area contributed by atoms with E-state index in [0.29, 0.717) is 4.47 Å². The molecule has 1 aromatic carbocycles. The molecule has 0 amide bonds. The van der Waals surface area contributed by atoms with E-state index < -0.39 is 18.2 Å². The van der Waals surface area contributed by atoms with Gasteiger partial charge in [0.1, 0.15) is 5.75 Å². The van der Waals surface area contributed by atoms with Gasteiger partial charge in [-0.25, -0.2) is 8.78 Å². The minimum atomic E-state index is -2.74. The van der Waals surface area contributed by atoms with Crippen LogP contribution in [0.5, 0.6) is 5.75 Å². The van der Waals surface area contributed by atoms with Crippen LogP contribution in [0.4, 0.5) is 8.78 Å². The molecule has 14 heavy (non-hydrogen) atoms. The van der Waals surface area contributed by atoms with Gasteiger partial charge in [-0.15, -0.1) is 0 Å². The first-order valence-electron chi connectivity index (χ1n) is 3.65. The molecule has 0 aliphatic rings. The van der Waals surface area contributed by atoms with E-state index in [1.165, 1.54) is 12.1 Å². The number of benzene rings is 1. The fourth-order valence-electron chi connectivity index (χ4n) is 0.976. The normalized spacial score (nSPS) is 13.3. The zero-order valence-electron chi connectivity index (χ0n) is 6.85. The number of nitrogens with two attached hydrogens (primary N) is 1. The summed E-state index contributed by atoms with van der Waals surface area (Å²) in [7, 11) is 0. The number of aromatic hydroxyl groups is 1. The van der Waals surface area contributed by atoms with Crippen LogP contribution in [0.3, 0.4) is 0 Å². The van der Waals surface area contributed by atoms with Gasteiger partial charge in [-0.05, 0) is 12.1 Å². The van der Waals surface area contributed by atoms with Gasteiger partial charge in [0, 0.05) is 10.0 Å². The first-order chi connectivity index (χ1) is 6.43. The van der Waals surface area contributed by atoms with Crippen LogP contribution in [-0.4, -0.2) is 11.5 Å². The fourth-order valence-corrected chi connectivity index (χ4v) is 1.81. The molecule has 0 aromatic heterocycles. The molecule has 0 bridgehead atoms. The second-order valence-electron chi connectivity index (χ2n) is 2.69. The van der Waals surface area contributed by atoms with Crippen LogP contribution >= 0.6 is 27.5 Å². The first-order valence-corrected chi connectivity index (χ1v) is 4.82. The van der Waals surface area contributed by atoms with Gasteiger partial charge in [0.25, 0.3) is 6.43 Å². The van der Waals surface area contributed by atoms with Gasteiger partial charge >= 0.3 is 0 Å². The number of phenols is 1. The molecule has 0 aliphatic heterocycles. The van der Waals surface area contributed by atoms with Gasteiger partial charge in [0.2, 0.25) is 0 Å². The summed E-state index contributed by atoms with van der Waals surface area (Å²) in [5.74, 6) is -0.400. The lowest BCUT2D eigenvalue weighted by Crippen LogP contribution is -2.19. The Hall–Kier alpha value is -0.390. The van der Waals surface area contributed by atoms with Crippen molar-refractivity contribution < 1.29 is 13.9 Å². The van der Waals surface area contributed by atoms with Crippen LogP contribution in [0, 0.1) is 0 Å². The number of phenolic OH excluding ortho intramolecular Hbond substituents is 1. The summed E-state index contributed by atoms with van der Waals surface area (Å²) in [5, 5.41) is 9.37. The molecule has 1 aromatic rings.